The van der Waals surface area contributed by atoms with E-state index < -0.39 is 27.8 Å². The smallest absolute Gasteiger partial charge is 0.291 e. The van der Waals surface area contributed by atoms with Gasteiger partial charge in [0.05, 0.1) is 28.5 Å². The summed E-state index contributed by atoms with van der Waals surface area (Å²) in [5.74, 6) is -0.433. The van der Waals surface area contributed by atoms with Gasteiger partial charge in [-0.15, -0.1) is 0 Å². The molecule has 2 aliphatic rings. The SMILES string of the molecule is CCc1ccc(C2c3c(oc4c(C)cc(C)cc4c3=O)C(=O)N2C2CCS(=O)(=O)C2)cc1. The van der Waals surface area contributed by atoms with Crippen molar-refractivity contribution < 1.29 is 17.6 Å². The summed E-state index contributed by atoms with van der Waals surface area (Å²) < 4.78 is 30.5. The van der Waals surface area contributed by atoms with E-state index in [1.54, 1.807) is 11.0 Å². The summed E-state index contributed by atoms with van der Waals surface area (Å²) in [4.78, 5) is 28.9. The monoisotopic (exact) mass is 451 g/mol. The number of amides is 1. The third-order valence-corrected chi connectivity index (χ3v) is 8.39. The fourth-order valence-electron chi connectivity index (χ4n) is 5.08. The molecule has 7 heteroatoms. The molecule has 2 aromatic carbocycles. The minimum Gasteiger partial charge on any atom is -0.450 e. The minimum atomic E-state index is -3.22. The Kier molecular flexibility index (Phi) is 4.78. The summed E-state index contributed by atoms with van der Waals surface area (Å²) in [6, 6.07) is 10.4. The van der Waals surface area contributed by atoms with Gasteiger partial charge in [0.25, 0.3) is 5.91 Å². The second-order valence-corrected chi connectivity index (χ2v) is 11.1. The van der Waals surface area contributed by atoms with E-state index in [2.05, 4.69) is 6.92 Å². The van der Waals surface area contributed by atoms with Crippen molar-refractivity contribution in [1.82, 2.24) is 4.90 Å². The van der Waals surface area contributed by atoms with Crippen LogP contribution in [0, 0.1) is 13.8 Å². The van der Waals surface area contributed by atoms with Crippen molar-refractivity contribution in [2.75, 3.05) is 11.5 Å². The number of fused-ring (bicyclic) bond motifs is 2. The number of carbonyl (C=O) groups is 1. The molecule has 2 atom stereocenters. The van der Waals surface area contributed by atoms with Crippen molar-refractivity contribution in [2.24, 2.45) is 0 Å². The second-order valence-electron chi connectivity index (χ2n) is 8.90. The van der Waals surface area contributed by atoms with Gasteiger partial charge in [0, 0.05) is 6.04 Å². The molecule has 1 fully saturated rings. The number of carbonyl (C=O) groups excluding carboxylic acids is 1. The molecule has 0 spiro atoms. The summed E-state index contributed by atoms with van der Waals surface area (Å²) in [5, 5.41) is 0.449. The zero-order chi connectivity index (χ0) is 22.8. The van der Waals surface area contributed by atoms with E-state index in [1.165, 1.54) is 0 Å². The molecule has 6 nitrogen and oxygen atoms in total. The first-order valence-corrected chi connectivity index (χ1v) is 12.7. The highest BCUT2D eigenvalue weighted by Crippen LogP contribution is 2.41. The summed E-state index contributed by atoms with van der Waals surface area (Å²) in [6.07, 6.45) is 1.23. The van der Waals surface area contributed by atoms with Crippen molar-refractivity contribution in [1.29, 1.82) is 0 Å². The van der Waals surface area contributed by atoms with Crippen molar-refractivity contribution in [3.63, 3.8) is 0 Å². The third kappa shape index (κ3) is 3.18. The molecule has 3 heterocycles. The van der Waals surface area contributed by atoms with Crippen LogP contribution < -0.4 is 5.43 Å². The van der Waals surface area contributed by atoms with E-state index in [4.69, 9.17) is 4.42 Å². The van der Waals surface area contributed by atoms with Gasteiger partial charge >= 0.3 is 0 Å². The Morgan fingerprint density at radius 2 is 1.81 bits per heavy atom. The molecule has 1 amide bonds. The zero-order valence-electron chi connectivity index (χ0n) is 18.3. The van der Waals surface area contributed by atoms with Gasteiger partial charge < -0.3 is 9.32 Å². The largest absolute Gasteiger partial charge is 0.450 e. The van der Waals surface area contributed by atoms with Gasteiger partial charge in [0.1, 0.15) is 5.58 Å². The highest BCUT2D eigenvalue weighted by molar-refractivity contribution is 7.91. The average molecular weight is 452 g/mol. The first-order chi connectivity index (χ1) is 15.2. The zero-order valence-corrected chi connectivity index (χ0v) is 19.2. The van der Waals surface area contributed by atoms with E-state index in [-0.39, 0.29) is 22.7 Å². The highest BCUT2D eigenvalue weighted by atomic mass is 32.2. The standard InChI is InChI=1S/C25H25NO5S/c1-4-16-5-7-17(8-6-16)21-20-22(27)19-12-14(2)11-15(3)23(19)31-24(20)25(28)26(21)18-9-10-32(29,30)13-18/h5-8,11-12,18,21H,4,9-10,13H2,1-3H3. The molecule has 2 aliphatic heterocycles. The average Bonchev–Trinajstić information content (AvgIpc) is 3.25. The topological polar surface area (TPSA) is 84.7 Å². The van der Waals surface area contributed by atoms with Crippen LogP contribution >= 0.6 is 0 Å². The Hall–Kier alpha value is -2.93. The summed E-state index contributed by atoms with van der Waals surface area (Å²) in [7, 11) is -3.22. The van der Waals surface area contributed by atoms with Crippen LogP contribution in [0.4, 0.5) is 0 Å². The molecular formula is C25H25NO5S. The lowest BCUT2D eigenvalue weighted by atomic mass is 9.95. The first kappa shape index (κ1) is 20.9. The molecule has 0 saturated carbocycles. The number of hydrogen-bond donors (Lipinski definition) is 0. The Bertz CT molecular complexity index is 1420. The Morgan fingerprint density at radius 3 is 2.44 bits per heavy atom. The highest BCUT2D eigenvalue weighted by Gasteiger charge is 2.48. The fraction of sp³-hybridized carbons (Fsp3) is 0.360. The molecule has 2 unspecified atom stereocenters. The van der Waals surface area contributed by atoms with Crippen molar-refractivity contribution in [3.8, 4) is 0 Å². The van der Waals surface area contributed by atoms with Gasteiger partial charge in [-0.1, -0.05) is 37.3 Å². The molecule has 166 valence electrons. The fourth-order valence-corrected chi connectivity index (χ4v) is 6.79. The molecule has 0 N–H and O–H groups in total. The maximum Gasteiger partial charge on any atom is 0.291 e. The first-order valence-electron chi connectivity index (χ1n) is 10.9. The van der Waals surface area contributed by atoms with Crippen LogP contribution in [0.15, 0.2) is 45.6 Å². The molecule has 0 bridgehead atoms. The van der Waals surface area contributed by atoms with Crippen LogP contribution in [0.25, 0.3) is 11.0 Å². The number of rotatable bonds is 3. The molecule has 3 aromatic rings. The summed E-state index contributed by atoms with van der Waals surface area (Å²) >= 11 is 0. The minimum absolute atomic E-state index is 0.0309. The number of benzene rings is 2. The van der Waals surface area contributed by atoms with Gasteiger partial charge in [0.2, 0.25) is 5.76 Å². The van der Waals surface area contributed by atoms with Gasteiger partial charge in [-0.2, -0.15) is 0 Å². The van der Waals surface area contributed by atoms with Crippen LogP contribution in [-0.4, -0.2) is 36.8 Å². The van der Waals surface area contributed by atoms with Crippen molar-refractivity contribution in [3.05, 3.63) is 80.2 Å². The number of nitrogens with zero attached hydrogens (tertiary/aromatic N) is 1. The van der Waals surface area contributed by atoms with Gasteiger partial charge in [-0.3, -0.25) is 9.59 Å². The number of hydrogen-bond acceptors (Lipinski definition) is 5. The Labute approximate surface area is 186 Å². The molecule has 1 saturated heterocycles. The number of sulfone groups is 1. The lowest BCUT2D eigenvalue weighted by molar-refractivity contribution is 0.0662. The predicted molar refractivity (Wildman–Crippen MR) is 123 cm³/mol. The van der Waals surface area contributed by atoms with Crippen LogP contribution in [-0.2, 0) is 16.3 Å². The van der Waals surface area contributed by atoms with Crippen LogP contribution in [0.3, 0.4) is 0 Å². The van der Waals surface area contributed by atoms with Crippen LogP contribution in [0.1, 0.15) is 57.8 Å². The lowest BCUT2D eigenvalue weighted by Gasteiger charge is -2.30. The molecule has 0 radical (unpaired) electrons. The molecular weight excluding hydrogens is 426 g/mol. The van der Waals surface area contributed by atoms with Crippen molar-refractivity contribution in [2.45, 2.75) is 45.7 Å². The van der Waals surface area contributed by atoms with Crippen LogP contribution in [0.2, 0.25) is 0 Å². The molecule has 32 heavy (non-hydrogen) atoms. The maximum atomic E-state index is 13.7. The van der Waals surface area contributed by atoms with Crippen molar-refractivity contribution >= 4 is 26.7 Å². The van der Waals surface area contributed by atoms with Gasteiger partial charge in [-0.25, -0.2) is 8.42 Å². The normalized spacial score (nSPS) is 22.0. The number of aryl methyl sites for hydroxylation is 3. The Balaban J connectivity index is 1.77. The second kappa shape index (κ2) is 7.30. The molecule has 1 aromatic heterocycles. The van der Waals surface area contributed by atoms with E-state index in [1.807, 2.05) is 44.2 Å². The summed E-state index contributed by atoms with van der Waals surface area (Å²) in [6.45, 7) is 5.83. The van der Waals surface area contributed by atoms with Gasteiger partial charge in [-0.05, 0) is 55.0 Å². The third-order valence-electron chi connectivity index (χ3n) is 6.64. The van der Waals surface area contributed by atoms with E-state index in [0.29, 0.717) is 23.0 Å². The van der Waals surface area contributed by atoms with Gasteiger partial charge in [0.15, 0.2) is 15.3 Å². The van der Waals surface area contributed by atoms with Crippen LogP contribution in [0.5, 0.6) is 0 Å². The molecule has 0 aliphatic carbocycles. The lowest BCUT2D eigenvalue weighted by Crippen LogP contribution is -2.40. The maximum absolute atomic E-state index is 13.7. The molecule has 5 rings (SSSR count). The van der Waals surface area contributed by atoms with E-state index in [0.717, 1.165) is 28.7 Å². The summed E-state index contributed by atoms with van der Waals surface area (Å²) in [5.41, 5.74) is 4.15. The van der Waals surface area contributed by atoms with E-state index >= 15 is 0 Å². The Morgan fingerprint density at radius 1 is 1.09 bits per heavy atom. The van der Waals surface area contributed by atoms with E-state index in [9.17, 15) is 18.0 Å². The quantitative estimate of drug-likeness (QED) is 0.606. The predicted octanol–water partition coefficient (Wildman–Crippen LogP) is 3.70.